The van der Waals surface area contributed by atoms with Crippen molar-refractivity contribution in [3.63, 3.8) is 0 Å². The van der Waals surface area contributed by atoms with Crippen LogP contribution in [0.1, 0.15) is 43.6 Å². The van der Waals surface area contributed by atoms with E-state index in [1.807, 2.05) is 18.2 Å². The van der Waals surface area contributed by atoms with E-state index in [1.165, 1.54) is 24.9 Å². The lowest BCUT2D eigenvalue weighted by atomic mass is 9.85. The summed E-state index contributed by atoms with van der Waals surface area (Å²) in [5.74, 6) is 0.315. The largest absolute Gasteiger partial charge is 0.391 e. The zero-order valence-corrected chi connectivity index (χ0v) is 14.1. The number of rotatable bonds is 5. The molecule has 0 aromatic heterocycles. The number of nitrogens with zero attached hydrogens (tertiary/aromatic N) is 1. The highest BCUT2D eigenvalue weighted by molar-refractivity contribution is 7.95. The molecule has 0 amide bonds. The molecule has 2 unspecified atom stereocenters. The smallest absolute Gasteiger partial charge is 0.325 e. The van der Waals surface area contributed by atoms with Crippen LogP contribution < -0.4 is 0 Å². The van der Waals surface area contributed by atoms with Gasteiger partial charge in [-0.15, -0.1) is 0 Å². The molecule has 3 rings (SSSR count). The lowest BCUT2D eigenvalue weighted by Crippen LogP contribution is -2.22. The Morgan fingerprint density at radius 1 is 1.23 bits per heavy atom. The van der Waals surface area contributed by atoms with E-state index in [4.69, 9.17) is 4.18 Å². The first kappa shape index (κ1) is 15.9. The van der Waals surface area contributed by atoms with E-state index < -0.39 is 0 Å². The van der Waals surface area contributed by atoms with Crippen LogP contribution in [-0.2, 0) is 8.98 Å². The number of carbonyl (C=O) groups is 1. The first-order chi connectivity index (χ1) is 10.7. The van der Waals surface area contributed by atoms with Crippen molar-refractivity contribution in [3.05, 3.63) is 35.9 Å². The maximum atomic E-state index is 12.7. The van der Waals surface area contributed by atoms with Crippen molar-refractivity contribution in [1.82, 2.24) is 4.90 Å². The summed E-state index contributed by atoms with van der Waals surface area (Å²) in [6, 6.07) is 10.2. The SMILES string of the molecule is CN1CCC(SOC(=O)C(c2ccccc2)C2CCCC2)C1. The van der Waals surface area contributed by atoms with Gasteiger partial charge in [0.1, 0.15) is 0 Å². The first-order valence-electron chi connectivity index (χ1n) is 8.34. The average Bonchev–Trinajstić information content (AvgIpc) is 3.18. The highest BCUT2D eigenvalue weighted by atomic mass is 32.2. The van der Waals surface area contributed by atoms with Gasteiger partial charge in [-0.1, -0.05) is 43.2 Å². The highest BCUT2D eigenvalue weighted by Crippen LogP contribution is 2.39. The number of benzene rings is 1. The number of hydrogen-bond donors (Lipinski definition) is 0. The summed E-state index contributed by atoms with van der Waals surface area (Å²) in [7, 11) is 2.12. The van der Waals surface area contributed by atoms with Crippen molar-refractivity contribution in [2.45, 2.75) is 43.3 Å². The zero-order chi connectivity index (χ0) is 15.4. The Hall–Kier alpha value is -1.00. The molecule has 2 fully saturated rings. The third kappa shape index (κ3) is 3.85. The second-order valence-electron chi connectivity index (χ2n) is 6.60. The van der Waals surface area contributed by atoms with Crippen molar-refractivity contribution in [2.75, 3.05) is 20.1 Å². The first-order valence-corrected chi connectivity index (χ1v) is 9.15. The molecule has 0 radical (unpaired) electrons. The van der Waals surface area contributed by atoms with Gasteiger partial charge in [-0.05, 0) is 44.3 Å². The molecule has 1 aliphatic heterocycles. The summed E-state index contributed by atoms with van der Waals surface area (Å²) in [5.41, 5.74) is 1.11. The molecule has 4 heteroatoms. The molecule has 0 bridgehead atoms. The van der Waals surface area contributed by atoms with Crippen LogP contribution in [-0.4, -0.2) is 36.3 Å². The van der Waals surface area contributed by atoms with Gasteiger partial charge in [0.25, 0.3) is 0 Å². The summed E-state index contributed by atoms with van der Waals surface area (Å²) in [6.45, 7) is 2.11. The lowest BCUT2D eigenvalue weighted by Gasteiger charge is -2.22. The van der Waals surface area contributed by atoms with Crippen LogP contribution >= 0.6 is 12.0 Å². The molecule has 1 saturated heterocycles. The second kappa shape index (κ2) is 7.51. The molecule has 0 N–H and O–H groups in total. The molecule has 22 heavy (non-hydrogen) atoms. The molecule has 2 aliphatic rings. The normalized spacial score (nSPS) is 24.5. The fraction of sp³-hybridized carbons (Fsp3) is 0.611. The summed E-state index contributed by atoms with van der Waals surface area (Å²) in [5, 5.41) is 0.425. The van der Waals surface area contributed by atoms with Gasteiger partial charge < -0.3 is 9.08 Å². The van der Waals surface area contributed by atoms with Crippen molar-refractivity contribution in [1.29, 1.82) is 0 Å². The van der Waals surface area contributed by atoms with Crippen molar-refractivity contribution >= 4 is 18.0 Å². The van der Waals surface area contributed by atoms with Crippen LogP contribution in [0.2, 0.25) is 0 Å². The maximum Gasteiger partial charge on any atom is 0.325 e. The van der Waals surface area contributed by atoms with E-state index >= 15 is 0 Å². The molecule has 1 heterocycles. The molecule has 1 saturated carbocycles. The maximum absolute atomic E-state index is 12.7. The highest BCUT2D eigenvalue weighted by Gasteiger charge is 2.34. The van der Waals surface area contributed by atoms with E-state index in [-0.39, 0.29) is 11.9 Å². The molecule has 1 aliphatic carbocycles. The topological polar surface area (TPSA) is 29.5 Å². The molecular formula is C18H25NO2S. The van der Waals surface area contributed by atoms with Crippen LogP contribution in [0.3, 0.4) is 0 Å². The van der Waals surface area contributed by atoms with Crippen molar-refractivity contribution in [3.8, 4) is 0 Å². The number of hydrogen-bond acceptors (Lipinski definition) is 4. The van der Waals surface area contributed by atoms with Crippen LogP contribution in [0.4, 0.5) is 0 Å². The molecule has 120 valence electrons. The Kier molecular flexibility index (Phi) is 5.42. The van der Waals surface area contributed by atoms with Gasteiger partial charge in [0.15, 0.2) is 0 Å². The number of likely N-dealkylation sites (tertiary alicyclic amines) is 1. The fourth-order valence-electron chi connectivity index (χ4n) is 3.69. The van der Waals surface area contributed by atoms with Crippen LogP contribution in [0.15, 0.2) is 30.3 Å². The Bertz CT molecular complexity index is 487. The molecule has 2 atom stereocenters. The molecule has 1 aromatic carbocycles. The minimum Gasteiger partial charge on any atom is -0.391 e. The van der Waals surface area contributed by atoms with E-state index in [1.54, 1.807) is 0 Å². The molecule has 0 spiro atoms. The zero-order valence-electron chi connectivity index (χ0n) is 13.2. The minimum absolute atomic E-state index is 0.0438. The lowest BCUT2D eigenvalue weighted by molar-refractivity contribution is -0.136. The monoisotopic (exact) mass is 319 g/mol. The third-order valence-electron chi connectivity index (χ3n) is 4.90. The van der Waals surface area contributed by atoms with Crippen molar-refractivity contribution in [2.24, 2.45) is 5.92 Å². The van der Waals surface area contributed by atoms with Crippen LogP contribution in [0.25, 0.3) is 0 Å². The second-order valence-corrected chi connectivity index (χ2v) is 7.63. The fourth-order valence-corrected chi connectivity index (χ4v) is 4.54. The van der Waals surface area contributed by atoms with Gasteiger partial charge in [0, 0.05) is 6.54 Å². The van der Waals surface area contributed by atoms with E-state index in [0.29, 0.717) is 11.2 Å². The average molecular weight is 319 g/mol. The summed E-state index contributed by atoms with van der Waals surface area (Å²) >= 11 is 1.39. The summed E-state index contributed by atoms with van der Waals surface area (Å²) in [4.78, 5) is 15.0. The molecule has 1 aromatic rings. The van der Waals surface area contributed by atoms with Gasteiger partial charge in [-0.3, -0.25) is 4.79 Å². The summed E-state index contributed by atoms with van der Waals surface area (Å²) in [6.07, 6.45) is 5.87. The van der Waals surface area contributed by atoms with E-state index in [9.17, 15) is 4.79 Å². The third-order valence-corrected chi connectivity index (χ3v) is 5.82. The Balaban J connectivity index is 1.64. The Morgan fingerprint density at radius 2 is 1.95 bits per heavy atom. The quantitative estimate of drug-likeness (QED) is 0.771. The predicted octanol–water partition coefficient (Wildman–Crippen LogP) is 3.86. The molecular weight excluding hydrogens is 294 g/mol. The Morgan fingerprint density at radius 3 is 2.59 bits per heavy atom. The predicted molar refractivity (Wildman–Crippen MR) is 90.7 cm³/mol. The van der Waals surface area contributed by atoms with Gasteiger partial charge in [0.2, 0.25) is 0 Å². The van der Waals surface area contributed by atoms with Gasteiger partial charge >= 0.3 is 5.97 Å². The van der Waals surface area contributed by atoms with Gasteiger partial charge in [0.05, 0.1) is 23.2 Å². The van der Waals surface area contributed by atoms with Crippen LogP contribution in [0.5, 0.6) is 0 Å². The van der Waals surface area contributed by atoms with E-state index in [2.05, 4.69) is 24.1 Å². The minimum atomic E-state index is -0.0877. The van der Waals surface area contributed by atoms with Gasteiger partial charge in [-0.25, -0.2) is 0 Å². The van der Waals surface area contributed by atoms with Crippen LogP contribution in [0, 0.1) is 5.92 Å². The molecule has 3 nitrogen and oxygen atoms in total. The Labute approximate surface area is 137 Å². The number of carbonyl (C=O) groups excluding carboxylic acids is 1. The summed E-state index contributed by atoms with van der Waals surface area (Å²) < 4.78 is 5.65. The standard InChI is InChI=1S/C18H25NO2S/c1-19-12-11-16(13-19)22-21-18(20)17(15-9-5-6-10-15)14-7-3-2-4-8-14/h2-4,7-8,15-17H,5-6,9-13H2,1H3. The van der Waals surface area contributed by atoms with Gasteiger partial charge in [-0.2, -0.15) is 0 Å². The van der Waals surface area contributed by atoms with Crippen molar-refractivity contribution < 1.29 is 8.98 Å². The van der Waals surface area contributed by atoms with E-state index in [0.717, 1.165) is 37.9 Å².